The minimum absolute atomic E-state index is 0.278. The van der Waals surface area contributed by atoms with E-state index in [1.54, 1.807) is 19.1 Å². The van der Waals surface area contributed by atoms with Gasteiger partial charge in [0.25, 0.3) is 0 Å². The van der Waals surface area contributed by atoms with Crippen LogP contribution >= 0.6 is 11.6 Å². The van der Waals surface area contributed by atoms with Crippen LogP contribution in [-0.4, -0.2) is 43.4 Å². The molecule has 0 aliphatic heterocycles. The Morgan fingerprint density at radius 2 is 1.90 bits per heavy atom. The monoisotopic (exact) mass is 319 g/mol. The van der Waals surface area contributed by atoms with Gasteiger partial charge < -0.3 is 5.11 Å². The average molecular weight is 320 g/mol. The fourth-order valence-corrected chi connectivity index (χ4v) is 3.09. The van der Waals surface area contributed by atoms with Crippen molar-refractivity contribution in [3.8, 4) is 0 Å². The first-order valence-electron chi connectivity index (χ1n) is 6.67. The summed E-state index contributed by atoms with van der Waals surface area (Å²) in [7, 11) is -1.95. The molecule has 0 radical (unpaired) electrons. The van der Waals surface area contributed by atoms with E-state index in [0.717, 1.165) is 18.4 Å². The van der Waals surface area contributed by atoms with Gasteiger partial charge in [0.1, 0.15) is 0 Å². The number of nitrogens with zero attached hydrogens (tertiary/aromatic N) is 1. The highest BCUT2D eigenvalue weighted by molar-refractivity contribution is 7.89. The summed E-state index contributed by atoms with van der Waals surface area (Å²) in [4.78, 5) is 0.278. The van der Waals surface area contributed by atoms with Crippen molar-refractivity contribution >= 4 is 21.6 Å². The molecule has 6 heteroatoms. The second-order valence-electron chi connectivity index (χ2n) is 4.90. The van der Waals surface area contributed by atoms with Crippen LogP contribution in [0.2, 0.25) is 0 Å². The van der Waals surface area contributed by atoms with Gasteiger partial charge in [0.15, 0.2) is 0 Å². The maximum absolute atomic E-state index is 12.3. The molecule has 0 saturated carbocycles. The van der Waals surface area contributed by atoms with Crippen LogP contribution < -0.4 is 0 Å². The summed E-state index contributed by atoms with van der Waals surface area (Å²) in [6, 6.07) is 6.89. The van der Waals surface area contributed by atoms with Crippen molar-refractivity contribution in [3.63, 3.8) is 0 Å². The SMILES string of the molecule is CC(O)CCN(C)S(=O)(=O)c1ccc(CCCCl)cc1. The van der Waals surface area contributed by atoms with E-state index in [2.05, 4.69) is 0 Å². The van der Waals surface area contributed by atoms with Crippen molar-refractivity contribution in [3.05, 3.63) is 29.8 Å². The van der Waals surface area contributed by atoms with Crippen molar-refractivity contribution in [2.45, 2.75) is 37.2 Å². The summed E-state index contributed by atoms with van der Waals surface area (Å²) in [5.41, 5.74) is 1.08. The largest absolute Gasteiger partial charge is 0.393 e. The van der Waals surface area contributed by atoms with Crippen LogP contribution in [0.15, 0.2) is 29.2 Å². The molecule has 0 aliphatic rings. The Kier molecular flexibility index (Phi) is 6.95. The lowest BCUT2D eigenvalue weighted by molar-refractivity contribution is 0.177. The molecule has 1 N–H and O–H groups in total. The fraction of sp³-hybridized carbons (Fsp3) is 0.571. The summed E-state index contributed by atoms with van der Waals surface area (Å²) in [6.45, 7) is 1.94. The number of hydrogen-bond acceptors (Lipinski definition) is 3. The lowest BCUT2D eigenvalue weighted by Crippen LogP contribution is -2.29. The van der Waals surface area contributed by atoms with Gasteiger partial charge in [-0.25, -0.2) is 12.7 Å². The first-order chi connectivity index (χ1) is 9.37. The quantitative estimate of drug-likeness (QED) is 0.748. The molecule has 1 atom stereocenters. The van der Waals surface area contributed by atoms with Gasteiger partial charge in [0, 0.05) is 19.5 Å². The van der Waals surface area contributed by atoms with Gasteiger partial charge in [0.05, 0.1) is 11.0 Å². The van der Waals surface area contributed by atoms with Gasteiger partial charge in [-0.2, -0.15) is 0 Å². The molecule has 20 heavy (non-hydrogen) atoms. The molecule has 0 spiro atoms. The highest BCUT2D eigenvalue weighted by atomic mass is 35.5. The van der Waals surface area contributed by atoms with E-state index in [0.29, 0.717) is 18.8 Å². The summed E-state index contributed by atoms with van der Waals surface area (Å²) >= 11 is 5.63. The Bertz CT molecular complexity index is 500. The topological polar surface area (TPSA) is 57.6 Å². The Balaban J connectivity index is 2.76. The van der Waals surface area contributed by atoms with E-state index in [1.165, 1.54) is 11.4 Å². The molecule has 0 amide bonds. The van der Waals surface area contributed by atoms with Gasteiger partial charge in [-0.05, 0) is 43.9 Å². The molecule has 0 fully saturated rings. The van der Waals surface area contributed by atoms with Gasteiger partial charge in [-0.3, -0.25) is 0 Å². The number of halogens is 1. The predicted molar refractivity (Wildman–Crippen MR) is 81.6 cm³/mol. The smallest absolute Gasteiger partial charge is 0.242 e. The Morgan fingerprint density at radius 3 is 2.40 bits per heavy atom. The van der Waals surface area contributed by atoms with Crippen molar-refractivity contribution in [1.82, 2.24) is 4.31 Å². The molecule has 1 unspecified atom stereocenters. The Labute approximate surface area is 126 Å². The van der Waals surface area contributed by atoms with E-state index in [1.807, 2.05) is 12.1 Å². The predicted octanol–water partition coefficient (Wildman–Crippen LogP) is 2.25. The first kappa shape index (κ1) is 17.4. The van der Waals surface area contributed by atoms with E-state index < -0.39 is 16.1 Å². The number of sulfonamides is 1. The molecular formula is C14H22ClNO3S. The van der Waals surface area contributed by atoms with E-state index in [4.69, 9.17) is 11.6 Å². The molecule has 0 aromatic heterocycles. The van der Waals surface area contributed by atoms with Crippen molar-refractivity contribution in [2.24, 2.45) is 0 Å². The van der Waals surface area contributed by atoms with Crippen LogP contribution in [0, 0.1) is 0 Å². The summed E-state index contributed by atoms with van der Waals surface area (Å²) in [5, 5.41) is 9.22. The Morgan fingerprint density at radius 1 is 1.30 bits per heavy atom. The molecule has 0 aliphatic carbocycles. The van der Waals surface area contributed by atoms with Gasteiger partial charge in [0.2, 0.25) is 10.0 Å². The number of alkyl halides is 1. The van der Waals surface area contributed by atoms with Crippen molar-refractivity contribution in [2.75, 3.05) is 19.5 Å². The molecule has 0 bridgehead atoms. The molecule has 1 aromatic rings. The minimum Gasteiger partial charge on any atom is -0.393 e. The summed E-state index contributed by atoms with van der Waals surface area (Å²) < 4.78 is 25.9. The zero-order valence-corrected chi connectivity index (χ0v) is 13.5. The van der Waals surface area contributed by atoms with Gasteiger partial charge in [-0.1, -0.05) is 12.1 Å². The number of benzene rings is 1. The molecule has 114 valence electrons. The minimum atomic E-state index is -3.48. The highest BCUT2D eigenvalue weighted by Crippen LogP contribution is 2.16. The standard InChI is InChI=1S/C14H22ClNO3S/c1-12(17)9-11-16(2)20(18,19)14-7-5-13(6-8-14)4-3-10-15/h5-8,12,17H,3-4,9-11H2,1-2H3. The molecule has 1 rings (SSSR count). The normalized spacial score (nSPS) is 13.7. The molecule has 0 saturated heterocycles. The third-order valence-electron chi connectivity index (χ3n) is 3.09. The van der Waals surface area contributed by atoms with Crippen molar-refractivity contribution < 1.29 is 13.5 Å². The molecule has 0 heterocycles. The number of aliphatic hydroxyl groups excluding tert-OH is 1. The van der Waals surface area contributed by atoms with Crippen molar-refractivity contribution in [1.29, 1.82) is 0 Å². The van der Waals surface area contributed by atoms with Crippen LogP contribution in [0.3, 0.4) is 0 Å². The van der Waals surface area contributed by atoms with E-state index in [9.17, 15) is 13.5 Å². The second-order valence-corrected chi connectivity index (χ2v) is 7.32. The second kappa shape index (κ2) is 7.98. The maximum atomic E-state index is 12.3. The van der Waals surface area contributed by atoms with Crippen LogP contribution in [-0.2, 0) is 16.4 Å². The highest BCUT2D eigenvalue weighted by Gasteiger charge is 2.20. The third-order valence-corrected chi connectivity index (χ3v) is 5.23. The van der Waals surface area contributed by atoms with E-state index >= 15 is 0 Å². The number of hydrogen-bond donors (Lipinski definition) is 1. The van der Waals surface area contributed by atoms with Gasteiger partial charge in [-0.15, -0.1) is 11.6 Å². The van der Waals surface area contributed by atoms with Gasteiger partial charge >= 0.3 is 0 Å². The maximum Gasteiger partial charge on any atom is 0.242 e. The summed E-state index contributed by atoms with van der Waals surface area (Å²) in [6.07, 6.45) is 1.64. The molecular weight excluding hydrogens is 298 g/mol. The zero-order chi connectivity index (χ0) is 15.2. The Hall–Kier alpha value is -0.620. The van der Waals surface area contributed by atoms with Crippen LogP contribution in [0.25, 0.3) is 0 Å². The fourth-order valence-electron chi connectivity index (χ4n) is 1.77. The number of aliphatic hydroxyl groups is 1. The van der Waals surface area contributed by atoms with Crippen LogP contribution in [0.4, 0.5) is 0 Å². The zero-order valence-electron chi connectivity index (χ0n) is 11.9. The number of rotatable bonds is 8. The van der Waals surface area contributed by atoms with Crippen LogP contribution in [0.5, 0.6) is 0 Å². The first-order valence-corrected chi connectivity index (χ1v) is 8.64. The van der Waals surface area contributed by atoms with Crippen LogP contribution in [0.1, 0.15) is 25.3 Å². The molecule has 4 nitrogen and oxygen atoms in total. The summed E-state index contributed by atoms with van der Waals surface area (Å²) in [5.74, 6) is 0.599. The lowest BCUT2D eigenvalue weighted by atomic mass is 10.1. The number of aryl methyl sites for hydroxylation is 1. The lowest BCUT2D eigenvalue weighted by Gasteiger charge is -2.18. The van der Waals surface area contributed by atoms with E-state index in [-0.39, 0.29) is 4.90 Å². The average Bonchev–Trinajstić information content (AvgIpc) is 2.42. The molecule has 1 aromatic carbocycles. The third kappa shape index (κ3) is 5.05.